The van der Waals surface area contributed by atoms with Crippen molar-refractivity contribution >= 4 is 24.4 Å². The number of amides is 1. The number of nitrogens with two attached hydrogens (primary N) is 1. The first-order valence-corrected chi connectivity index (χ1v) is 9.61. The number of hydrogen-bond acceptors (Lipinski definition) is 4. The number of hydrogen-bond donors (Lipinski definition) is 1. The Kier molecular flexibility index (Phi) is 6.02. The van der Waals surface area contributed by atoms with Gasteiger partial charge < -0.3 is 10.5 Å². The van der Waals surface area contributed by atoms with Gasteiger partial charge in [-0.05, 0) is 48.4 Å². The number of nitrogens with zero attached hydrogens (tertiary/aromatic N) is 2. The molecule has 28 heavy (non-hydrogen) atoms. The molecule has 3 aromatic rings. The van der Waals surface area contributed by atoms with Crippen LogP contribution in [0.1, 0.15) is 27.2 Å². The predicted octanol–water partition coefficient (Wildman–Crippen LogP) is 3.96. The third-order valence-electron chi connectivity index (χ3n) is 4.14. The van der Waals surface area contributed by atoms with Crippen LogP contribution in [0.2, 0.25) is 0 Å². The lowest BCUT2D eigenvalue weighted by molar-refractivity contribution is 0.0999. The van der Waals surface area contributed by atoms with E-state index in [1.807, 2.05) is 31.2 Å². The number of alkyl halides is 1. The molecule has 2 N–H and O–H groups in total. The van der Waals surface area contributed by atoms with Crippen LogP contribution in [0.25, 0.3) is 11.3 Å². The lowest BCUT2D eigenvalue weighted by Gasteiger charge is -2.14. The third-order valence-corrected chi connectivity index (χ3v) is 4.73. The molecule has 5 nitrogen and oxygen atoms in total. The molecule has 0 bridgehead atoms. The van der Waals surface area contributed by atoms with E-state index >= 15 is 0 Å². The standard InChI is InChI=1S/C20H20FN3O2P2/c1-12-8-14(2-3-16(12)19(22)25)17-9-13(4-6-23-17)11-26-15-5-7-24-18(10-15)20(21,27)28/h2-10H,11,27-28H2,1H3,(H2,22,25). The minimum Gasteiger partial charge on any atom is -0.489 e. The van der Waals surface area contributed by atoms with E-state index in [-0.39, 0.29) is 5.69 Å². The average molecular weight is 415 g/mol. The van der Waals surface area contributed by atoms with E-state index in [1.165, 1.54) is 6.20 Å². The summed E-state index contributed by atoms with van der Waals surface area (Å²) in [5.74, 6) is 0.0704. The largest absolute Gasteiger partial charge is 0.489 e. The van der Waals surface area contributed by atoms with Gasteiger partial charge in [0.2, 0.25) is 5.91 Å². The highest BCUT2D eigenvalue weighted by Gasteiger charge is 2.21. The van der Waals surface area contributed by atoms with E-state index in [2.05, 4.69) is 28.4 Å². The van der Waals surface area contributed by atoms with Crippen molar-refractivity contribution in [2.24, 2.45) is 5.73 Å². The van der Waals surface area contributed by atoms with Gasteiger partial charge >= 0.3 is 0 Å². The van der Waals surface area contributed by atoms with E-state index in [0.29, 0.717) is 17.9 Å². The second-order valence-corrected chi connectivity index (χ2v) is 8.72. The van der Waals surface area contributed by atoms with Gasteiger partial charge in [0.05, 0.1) is 11.4 Å². The summed E-state index contributed by atoms with van der Waals surface area (Å²) in [5.41, 5.74) is 9.43. The van der Waals surface area contributed by atoms with E-state index < -0.39 is 11.1 Å². The smallest absolute Gasteiger partial charge is 0.248 e. The molecule has 0 aliphatic rings. The Morgan fingerprint density at radius 3 is 2.57 bits per heavy atom. The quantitative estimate of drug-likeness (QED) is 0.619. The van der Waals surface area contributed by atoms with Gasteiger partial charge in [-0.1, -0.05) is 24.5 Å². The minimum atomic E-state index is -1.70. The van der Waals surface area contributed by atoms with Crippen LogP contribution >= 0.6 is 18.5 Å². The maximum absolute atomic E-state index is 14.0. The molecule has 0 saturated heterocycles. The number of ether oxygens (including phenoxy) is 1. The van der Waals surface area contributed by atoms with Crippen molar-refractivity contribution in [2.75, 3.05) is 0 Å². The Bertz CT molecular complexity index is 1020. The number of rotatable bonds is 6. The van der Waals surface area contributed by atoms with Gasteiger partial charge in [-0.15, -0.1) is 0 Å². The molecule has 0 saturated carbocycles. The number of carbonyl (C=O) groups excluding carboxylic acids is 1. The molecule has 0 radical (unpaired) electrons. The number of benzene rings is 1. The Labute approximate surface area is 167 Å². The van der Waals surface area contributed by atoms with Crippen molar-refractivity contribution in [3.05, 3.63) is 77.2 Å². The molecule has 2 heterocycles. The number of pyridine rings is 2. The van der Waals surface area contributed by atoms with E-state index in [4.69, 9.17) is 10.5 Å². The first kappa shape index (κ1) is 20.3. The summed E-state index contributed by atoms with van der Waals surface area (Å²) in [5, 5.41) is -1.70. The zero-order valence-corrected chi connectivity index (χ0v) is 17.5. The number of aryl methyl sites for hydroxylation is 1. The normalized spacial score (nSPS) is 11.3. The molecular formula is C20H20FN3O2P2. The van der Waals surface area contributed by atoms with Crippen molar-refractivity contribution in [3.8, 4) is 17.0 Å². The highest BCUT2D eigenvalue weighted by molar-refractivity contribution is 7.38. The van der Waals surface area contributed by atoms with Crippen LogP contribution in [0.15, 0.2) is 54.9 Å². The molecule has 2 atom stereocenters. The van der Waals surface area contributed by atoms with Crippen LogP contribution in [-0.4, -0.2) is 15.9 Å². The summed E-state index contributed by atoms with van der Waals surface area (Å²) < 4.78 is 19.8. The molecule has 0 aliphatic carbocycles. The predicted molar refractivity (Wildman–Crippen MR) is 114 cm³/mol. The molecule has 0 spiro atoms. The maximum Gasteiger partial charge on any atom is 0.248 e. The molecule has 0 aliphatic heterocycles. The van der Waals surface area contributed by atoms with Crippen LogP contribution in [0.4, 0.5) is 4.39 Å². The second-order valence-electron chi connectivity index (χ2n) is 6.38. The van der Waals surface area contributed by atoms with Gasteiger partial charge in [0, 0.05) is 29.6 Å². The van der Waals surface area contributed by atoms with Gasteiger partial charge in [0.15, 0.2) is 5.15 Å². The SMILES string of the molecule is Cc1cc(-c2cc(COc3ccnc(C(F)(P)P)c3)ccn2)ccc1C(N)=O. The van der Waals surface area contributed by atoms with Crippen molar-refractivity contribution in [3.63, 3.8) is 0 Å². The Morgan fingerprint density at radius 1 is 1.14 bits per heavy atom. The minimum absolute atomic E-state index is 0.250. The Morgan fingerprint density at radius 2 is 1.89 bits per heavy atom. The highest BCUT2D eigenvalue weighted by atomic mass is 31.1. The van der Waals surface area contributed by atoms with Crippen LogP contribution in [0, 0.1) is 6.92 Å². The van der Waals surface area contributed by atoms with Crippen LogP contribution in [-0.2, 0) is 11.8 Å². The van der Waals surface area contributed by atoms with E-state index in [0.717, 1.165) is 22.4 Å². The van der Waals surface area contributed by atoms with Gasteiger partial charge in [0.1, 0.15) is 12.4 Å². The lowest BCUT2D eigenvalue weighted by atomic mass is 10.0. The molecule has 8 heteroatoms. The summed E-state index contributed by atoms with van der Waals surface area (Å²) in [7, 11) is 4.17. The zero-order valence-electron chi connectivity index (χ0n) is 15.2. The van der Waals surface area contributed by atoms with Crippen LogP contribution < -0.4 is 10.5 Å². The van der Waals surface area contributed by atoms with Gasteiger partial charge in [0.25, 0.3) is 0 Å². The fraction of sp³-hybridized carbons (Fsp3) is 0.150. The maximum atomic E-state index is 14.0. The first-order chi connectivity index (χ1) is 13.2. The summed E-state index contributed by atoms with van der Waals surface area (Å²) in [6.45, 7) is 2.13. The number of primary amides is 1. The molecule has 144 valence electrons. The fourth-order valence-corrected chi connectivity index (χ4v) is 3.01. The van der Waals surface area contributed by atoms with Crippen molar-refractivity contribution in [1.82, 2.24) is 9.97 Å². The van der Waals surface area contributed by atoms with Gasteiger partial charge in [-0.3, -0.25) is 14.8 Å². The average Bonchev–Trinajstić information content (AvgIpc) is 2.66. The number of halogens is 1. The van der Waals surface area contributed by atoms with Gasteiger partial charge in [-0.25, -0.2) is 4.39 Å². The molecule has 2 unspecified atom stereocenters. The topological polar surface area (TPSA) is 78.1 Å². The monoisotopic (exact) mass is 415 g/mol. The summed E-state index contributed by atoms with van der Waals surface area (Å²) in [4.78, 5) is 19.8. The molecule has 1 amide bonds. The molecular weight excluding hydrogens is 395 g/mol. The van der Waals surface area contributed by atoms with Crippen molar-refractivity contribution in [2.45, 2.75) is 18.7 Å². The first-order valence-electron chi connectivity index (χ1n) is 8.46. The molecule has 2 aromatic heterocycles. The Hall–Kier alpha value is -2.42. The summed E-state index contributed by atoms with van der Waals surface area (Å²) in [6.07, 6.45) is 3.20. The number of aromatic nitrogens is 2. The van der Waals surface area contributed by atoms with Crippen LogP contribution in [0.5, 0.6) is 5.75 Å². The van der Waals surface area contributed by atoms with E-state index in [9.17, 15) is 9.18 Å². The molecule has 1 aromatic carbocycles. The summed E-state index contributed by atoms with van der Waals surface area (Å²) in [6, 6.07) is 12.4. The second kappa shape index (κ2) is 8.30. The van der Waals surface area contributed by atoms with Gasteiger partial charge in [-0.2, -0.15) is 0 Å². The lowest BCUT2D eigenvalue weighted by Crippen LogP contribution is -2.12. The Balaban J connectivity index is 1.77. The molecule has 3 rings (SSSR count). The van der Waals surface area contributed by atoms with Crippen molar-refractivity contribution < 1.29 is 13.9 Å². The third kappa shape index (κ3) is 4.89. The zero-order chi connectivity index (χ0) is 20.3. The highest BCUT2D eigenvalue weighted by Crippen LogP contribution is 2.39. The summed E-state index contributed by atoms with van der Waals surface area (Å²) >= 11 is 0. The number of carbonyl (C=O) groups is 1. The van der Waals surface area contributed by atoms with E-state index in [1.54, 1.807) is 24.4 Å². The van der Waals surface area contributed by atoms with Crippen LogP contribution in [0.3, 0.4) is 0 Å². The fourth-order valence-electron chi connectivity index (χ4n) is 2.70. The van der Waals surface area contributed by atoms with Crippen molar-refractivity contribution in [1.29, 1.82) is 0 Å². The molecule has 0 fully saturated rings.